The minimum atomic E-state index is -0.544. The smallest absolute Gasteiger partial charge is 0.290 e. The van der Waals surface area contributed by atoms with Gasteiger partial charge in [0.2, 0.25) is 5.76 Å². The first-order valence-electron chi connectivity index (χ1n) is 8.74. The summed E-state index contributed by atoms with van der Waals surface area (Å²) >= 11 is 0. The summed E-state index contributed by atoms with van der Waals surface area (Å²) in [6, 6.07) is 12.6. The lowest BCUT2D eigenvalue weighted by Gasteiger charge is -2.26. The molecule has 1 aliphatic rings. The van der Waals surface area contributed by atoms with Crippen LogP contribution in [-0.4, -0.2) is 42.9 Å². The van der Waals surface area contributed by atoms with E-state index >= 15 is 0 Å². The van der Waals surface area contributed by atoms with E-state index in [4.69, 9.17) is 4.42 Å². The Balaban J connectivity index is 1.95. The minimum Gasteiger partial charge on any atom is -0.450 e. The van der Waals surface area contributed by atoms with Crippen LogP contribution in [0, 0.1) is 5.82 Å². The maximum atomic E-state index is 13.7. The highest BCUT2D eigenvalue weighted by atomic mass is 19.1. The van der Waals surface area contributed by atoms with Crippen molar-refractivity contribution in [2.75, 3.05) is 27.2 Å². The Morgan fingerprint density at radius 2 is 1.85 bits per heavy atom. The van der Waals surface area contributed by atoms with E-state index in [2.05, 4.69) is 0 Å². The molecule has 0 saturated carbocycles. The fourth-order valence-corrected chi connectivity index (χ4v) is 3.51. The zero-order chi connectivity index (χ0) is 19.1. The van der Waals surface area contributed by atoms with E-state index in [0.29, 0.717) is 13.1 Å². The highest BCUT2D eigenvalue weighted by molar-refractivity contribution is 5.99. The van der Waals surface area contributed by atoms with Gasteiger partial charge in [-0.05, 0) is 37.9 Å². The Morgan fingerprint density at radius 3 is 2.56 bits per heavy atom. The number of halogens is 1. The maximum absolute atomic E-state index is 13.7. The van der Waals surface area contributed by atoms with Crippen molar-refractivity contribution >= 4 is 16.9 Å². The Kier molecular flexibility index (Phi) is 4.28. The van der Waals surface area contributed by atoms with Crippen LogP contribution in [-0.2, 0) is 0 Å². The lowest BCUT2D eigenvalue weighted by atomic mass is 9.98. The molecule has 138 valence electrons. The first-order chi connectivity index (χ1) is 13.0. The third kappa shape index (κ3) is 2.92. The number of rotatable bonds is 4. The van der Waals surface area contributed by atoms with Crippen LogP contribution in [0.25, 0.3) is 11.0 Å². The van der Waals surface area contributed by atoms with Gasteiger partial charge in [0, 0.05) is 13.1 Å². The van der Waals surface area contributed by atoms with Crippen molar-refractivity contribution in [1.82, 2.24) is 9.80 Å². The fraction of sp³-hybridized carbons (Fsp3) is 0.238. The summed E-state index contributed by atoms with van der Waals surface area (Å²) in [6.45, 7) is 1.09. The summed E-state index contributed by atoms with van der Waals surface area (Å²) in [4.78, 5) is 29.9. The Hall–Kier alpha value is -2.99. The number of likely N-dealkylation sites (N-methyl/N-ethyl adjacent to an activating group) is 1. The molecule has 4 rings (SSSR count). The largest absolute Gasteiger partial charge is 0.450 e. The maximum Gasteiger partial charge on any atom is 0.290 e. The fourth-order valence-electron chi connectivity index (χ4n) is 3.51. The molecule has 0 aliphatic carbocycles. The lowest BCUT2D eigenvalue weighted by Crippen LogP contribution is -2.35. The quantitative estimate of drug-likeness (QED) is 0.712. The molecule has 3 aromatic rings. The topological polar surface area (TPSA) is 53.8 Å². The second kappa shape index (κ2) is 6.63. The molecular weight excluding hydrogens is 347 g/mol. The van der Waals surface area contributed by atoms with Crippen LogP contribution in [0.4, 0.5) is 4.39 Å². The van der Waals surface area contributed by atoms with Crippen molar-refractivity contribution in [3.63, 3.8) is 0 Å². The van der Waals surface area contributed by atoms with E-state index in [1.807, 2.05) is 49.3 Å². The highest BCUT2D eigenvalue weighted by Gasteiger charge is 2.42. The first kappa shape index (κ1) is 17.4. The molecule has 5 nitrogen and oxygen atoms in total. The number of carbonyl (C=O) groups is 1. The number of amides is 1. The van der Waals surface area contributed by atoms with Gasteiger partial charge >= 0.3 is 0 Å². The van der Waals surface area contributed by atoms with Gasteiger partial charge in [0.15, 0.2) is 5.43 Å². The van der Waals surface area contributed by atoms with E-state index in [1.54, 1.807) is 4.90 Å². The Morgan fingerprint density at radius 1 is 1.11 bits per heavy atom. The van der Waals surface area contributed by atoms with Gasteiger partial charge in [0.1, 0.15) is 11.4 Å². The highest BCUT2D eigenvalue weighted by Crippen LogP contribution is 2.37. The molecule has 0 radical (unpaired) electrons. The van der Waals surface area contributed by atoms with Crippen molar-refractivity contribution in [3.8, 4) is 0 Å². The molecule has 0 bridgehead atoms. The molecule has 0 unspecified atom stereocenters. The normalized spacial score (nSPS) is 16.4. The number of hydrogen-bond donors (Lipinski definition) is 0. The predicted molar refractivity (Wildman–Crippen MR) is 100 cm³/mol. The molecule has 27 heavy (non-hydrogen) atoms. The SMILES string of the molecule is CN(C)CCN1C(=O)c2oc3ccc(F)cc3c(=O)c2[C@@H]1c1ccccc1. The molecule has 1 aliphatic heterocycles. The summed E-state index contributed by atoms with van der Waals surface area (Å²) in [6.07, 6.45) is 0. The van der Waals surface area contributed by atoms with Gasteiger partial charge in [-0.1, -0.05) is 30.3 Å². The first-order valence-corrected chi connectivity index (χ1v) is 8.74. The van der Waals surface area contributed by atoms with E-state index < -0.39 is 11.9 Å². The van der Waals surface area contributed by atoms with Crippen molar-refractivity contribution in [3.05, 3.63) is 81.5 Å². The van der Waals surface area contributed by atoms with Gasteiger partial charge in [-0.3, -0.25) is 9.59 Å². The van der Waals surface area contributed by atoms with Crippen molar-refractivity contribution in [1.29, 1.82) is 0 Å². The van der Waals surface area contributed by atoms with Gasteiger partial charge in [-0.15, -0.1) is 0 Å². The van der Waals surface area contributed by atoms with Gasteiger partial charge in [0.05, 0.1) is 17.0 Å². The second-order valence-electron chi connectivity index (χ2n) is 6.93. The lowest BCUT2D eigenvalue weighted by molar-refractivity contribution is 0.0716. The number of nitrogens with zero attached hydrogens (tertiary/aromatic N) is 2. The van der Waals surface area contributed by atoms with Crippen molar-refractivity contribution in [2.24, 2.45) is 0 Å². The van der Waals surface area contributed by atoms with E-state index in [1.165, 1.54) is 12.1 Å². The molecule has 0 N–H and O–H groups in total. The van der Waals surface area contributed by atoms with Crippen molar-refractivity contribution < 1.29 is 13.6 Å². The Labute approximate surface area is 155 Å². The number of fused-ring (bicyclic) bond motifs is 2. The van der Waals surface area contributed by atoms with E-state index in [0.717, 1.165) is 11.6 Å². The van der Waals surface area contributed by atoms with Crippen molar-refractivity contribution in [2.45, 2.75) is 6.04 Å². The third-order valence-electron chi connectivity index (χ3n) is 4.83. The molecule has 0 saturated heterocycles. The second-order valence-corrected chi connectivity index (χ2v) is 6.93. The molecule has 1 amide bonds. The van der Waals surface area contributed by atoms with Gasteiger partial charge in [-0.25, -0.2) is 4.39 Å². The van der Waals surface area contributed by atoms with Crippen LogP contribution in [0.1, 0.15) is 27.7 Å². The van der Waals surface area contributed by atoms with Crippen LogP contribution in [0.3, 0.4) is 0 Å². The predicted octanol–water partition coefficient (Wildman–Crippen LogP) is 3.04. The molecule has 0 fully saturated rings. The average Bonchev–Trinajstić information content (AvgIpc) is 2.94. The standard InChI is InChI=1S/C21H19FN2O3/c1-23(2)10-11-24-18(13-6-4-3-5-7-13)17-19(25)15-12-14(22)8-9-16(15)27-20(17)21(24)26/h3-9,12,18H,10-11H2,1-2H3/t18-/m0/s1. The summed E-state index contributed by atoms with van der Waals surface area (Å²) in [5.41, 5.74) is 0.963. The number of benzene rings is 2. The molecule has 2 heterocycles. The van der Waals surface area contributed by atoms with Gasteiger partial charge in [0.25, 0.3) is 5.91 Å². The van der Waals surface area contributed by atoms with Crippen LogP contribution in [0.15, 0.2) is 57.7 Å². The summed E-state index contributed by atoms with van der Waals surface area (Å²) in [5, 5.41) is 0.150. The molecule has 0 spiro atoms. The minimum absolute atomic E-state index is 0.0479. The zero-order valence-corrected chi connectivity index (χ0v) is 15.1. The summed E-state index contributed by atoms with van der Waals surface area (Å²) in [7, 11) is 3.84. The molecule has 6 heteroatoms. The molecule has 1 aromatic heterocycles. The Bertz CT molecular complexity index is 1080. The van der Waals surface area contributed by atoms with Crippen LogP contribution >= 0.6 is 0 Å². The molecular formula is C21H19FN2O3. The van der Waals surface area contributed by atoms with Gasteiger partial charge in [-0.2, -0.15) is 0 Å². The molecule has 2 aromatic carbocycles. The summed E-state index contributed by atoms with van der Waals surface area (Å²) < 4.78 is 19.5. The van der Waals surface area contributed by atoms with E-state index in [-0.39, 0.29) is 33.6 Å². The third-order valence-corrected chi connectivity index (χ3v) is 4.83. The number of hydrogen-bond acceptors (Lipinski definition) is 4. The zero-order valence-electron chi connectivity index (χ0n) is 15.1. The van der Waals surface area contributed by atoms with Crippen LogP contribution in [0.2, 0.25) is 0 Å². The monoisotopic (exact) mass is 366 g/mol. The van der Waals surface area contributed by atoms with Crippen LogP contribution < -0.4 is 5.43 Å². The average molecular weight is 366 g/mol. The molecule has 1 atom stereocenters. The number of carbonyl (C=O) groups excluding carboxylic acids is 1. The van der Waals surface area contributed by atoms with E-state index in [9.17, 15) is 14.0 Å². The summed E-state index contributed by atoms with van der Waals surface area (Å²) in [5.74, 6) is -0.782. The van der Waals surface area contributed by atoms with Gasteiger partial charge < -0.3 is 14.2 Å². The van der Waals surface area contributed by atoms with Crippen LogP contribution in [0.5, 0.6) is 0 Å².